The van der Waals surface area contributed by atoms with Crippen LogP contribution in [0.1, 0.15) is 46.7 Å². The van der Waals surface area contributed by atoms with Crippen LogP contribution in [0, 0.1) is 0 Å². The van der Waals surface area contributed by atoms with Crippen LogP contribution in [0.25, 0.3) is 22.5 Å². The summed E-state index contributed by atoms with van der Waals surface area (Å²) in [6, 6.07) is 21.9. The Morgan fingerprint density at radius 1 is 1.00 bits per heavy atom. The molecule has 0 saturated carbocycles. The number of H-pyrrole nitrogens is 1. The van der Waals surface area contributed by atoms with E-state index in [0.29, 0.717) is 18.2 Å². The summed E-state index contributed by atoms with van der Waals surface area (Å²) in [7, 11) is 3.25. The van der Waals surface area contributed by atoms with Gasteiger partial charge in [-0.3, -0.25) is 4.57 Å². The van der Waals surface area contributed by atoms with Crippen LogP contribution in [0.4, 0.5) is 5.95 Å². The highest BCUT2D eigenvalue weighted by molar-refractivity contribution is 5.88. The number of imidazole rings is 1. The number of carboxylic acids is 1. The van der Waals surface area contributed by atoms with Gasteiger partial charge < -0.3 is 25.0 Å². The molecule has 5 rings (SSSR count). The summed E-state index contributed by atoms with van der Waals surface area (Å²) < 4.78 is 12.0. The monoisotopic (exact) mass is 583 g/mol. The van der Waals surface area contributed by atoms with Crippen molar-refractivity contribution in [1.29, 1.82) is 0 Å². The number of carbonyl (C=O) groups is 1. The van der Waals surface area contributed by atoms with Crippen molar-refractivity contribution in [2.24, 2.45) is 0 Å². The van der Waals surface area contributed by atoms with E-state index in [-0.39, 0.29) is 24.7 Å². The summed E-state index contributed by atoms with van der Waals surface area (Å²) in [6.45, 7) is 3.47. The summed E-state index contributed by atoms with van der Waals surface area (Å²) in [5, 5.41) is 38.1. The van der Waals surface area contributed by atoms with Crippen molar-refractivity contribution in [2.45, 2.75) is 32.4 Å². The number of ether oxygens (including phenoxy) is 2. The van der Waals surface area contributed by atoms with Gasteiger partial charge in [-0.25, -0.2) is 9.78 Å². The van der Waals surface area contributed by atoms with Gasteiger partial charge in [0.05, 0.1) is 6.54 Å². The SMILES string of the molecule is CNc1nc(C(C)(C)O)c(C(=O)O)n1Cc1ccc(-c2cc(Cc3ccc(OCOC)cc3)ccc2-c2nn[nH]n2)cc1. The van der Waals surface area contributed by atoms with Gasteiger partial charge in [0.25, 0.3) is 0 Å². The number of carboxylic acid groups (broad SMARTS) is 1. The molecule has 0 saturated heterocycles. The fraction of sp³-hybridized carbons (Fsp3) is 0.258. The lowest BCUT2D eigenvalue weighted by molar-refractivity contribution is 0.0511. The Morgan fingerprint density at radius 3 is 2.30 bits per heavy atom. The molecule has 222 valence electrons. The molecule has 12 heteroatoms. The van der Waals surface area contributed by atoms with E-state index in [9.17, 15) is 15.0 Å². The lowest BCUT2D eigenvalue weighted by Gasteiger charge is -2.16. The molecule has 0 aliphatic rings. The summed E-state index contributed by atoms with van der Waals surface area (Å²) in [5.41, 5.74) is 4.37. The molecule has 0 bridgehead atoms. The molecular weight excluding hydrogens is 550 g/mol. The zero-order chi connectivity index (χ0) is 30.6. The summed E-state index contributed by atoms with van der Waals surface area (Å²) >= 11 is 0. The van der Waals surface area contributed by atoms with Gasteiger partial charge in [0.1, 0.15) is 17.0 Å². The fourth-order valence-corrected chi connectivity index (χ4v) is 4.89. The summed E-state index contributed by atoms with van der Waals surface area (Å²) in [6.07, 6.45) is 0.705. The first-order valence-electron chi connectivity index (χ1n) is 13.6. The Hall–Kier alpha value is -5.07. The highest BCUT2D eigenvalue weighted by Gasteiger charge is 2.31. The number of anilines is 1. The number of nitrogens with zero attached hydrogens (tertiary/aromatic N) is 5. The molecule has 3 aromatic carbocycles. The number of aromatic nitrogens is 6. The molecule has 43 heavy (non-hydrogen) atoms. The van der Waals surface area contributed by atoms with Crippen LogP contribution in [0.2, 0.25) is 0 Å². The minimum atomic E-state index is -1.43. The van der Waals surface area contributed by atoms with Gasteiger partial charge in [-0.2, -0.15) is 5.21 Å². The largest absolute Gasteiger partial charge is 0.477 e. The number of hydrogen-bond donors (Lipinski definition) is 4. The maximum Gasteiger partial charge on any atom is 0.354 e. The highest BCUT2D eigenvalue weighted by Crippen LogP contribution is 2.33. The molecule has 0 radical (unpaired) electrons. The van der Waals surface area contributed by atoms with Crippen LogP contribution in [0.3, 0.4) is 0 Å². The number of nitrogens with one attached hydrogen (secondary N) is 2. The molecule has 0 spiro atoms. The van der Waals surface area contributed by atoms with E-state index in [0.717, 1.165) is 39.1 Å². The van der Waals surface area contributed by atoms with Crippen molar-refractivity contribution in [3.8, 4) is 28.3 Å². The molecule has 5 aromatic rings. The Bertz CT molecular complexity index is 1690. The summed E-state index contributed by atoms with van der Waals surface area (Å²) in [5.74, 6) is 0.404. The first-order chi connectivity index (χ1) is 20.7. The van der Waals surface area contributed by atoms with Gasteiger partial charge in [0.2, 0.25) is 11.8 Å². The third-order valence-electron chi connectivity index (χ3n) is 6.92. The molecule has 0 amide bonds. The topological polar surface area (TPSA) is 160 Å². The first kappa shape index (κ1) is 29.4. The van der Waals surface area contributed by atoms with Crippen molar-refractivity contribution in [3.63, 3.8) is 0 Å². The Kier molecular flexibility index (Phi) is 8.51. The Labute approximate surface area is 248 Å². The standard InChI is InChI=1S/C31H33N7O5/c1-31(2,41)27-26(29(39)40)38(30(32-3)33-27)17-20-5-10-22(11-6-20)25-16-21(9-14-24(25)28-34-36-37-35-28)15-19-7-12-23(13-8-19)43-18-42-4/h5-14,16,41H,15,17-18H2,1-4H3,(H,32,33)(H,39,40)(H,34,35,36,37). The van der Waals surface area contributed by atoms with Crippen LogP contribution in [0.15, 0.2) is 66.7 Å². The Balaban J connectivity index is 1.46. The maximum absolute atomic E-state index is 12.2. The fourth-order valence-electron chi connectivity index (χ4n) is 4.89. The number of tetrazole rings is 1. The second kappa shape index (κ2) is 12.4. The van der Waals surface area contributed by atoms with Crippen molar-refractivity contribution in [2.75, 3.05) is 26.3 Å². The smallest absolute Gasteiger partial charge is 0.354 e. The quantitative estimate of drug-likeness (QED) is 0.156. The third kappa shape index (κ3) is 6.55. The van der Waals surface area contributed by atoms with E-state index in [1.165, 1.54) is 13.8 Å². The molecule has 0 aliphatic heterocycles. The van der Waals surface area contributed by atoms with Crippen molar-refractivity contribution >= 4 is 11.9 Å². The molecule has 2 aromatic heterocycles. The number of methoxy groups -OCH3 is 1. The molecule has 0 atom stereocenters. The highest BCUT2D eigenvalue weighted by atomic mass is 16.7. The lowest BCUT2D eigenvalue weighted by atomic mass is 9.94. The van der Waals surface area contributed by atoms with Crippen LogP contribution in [0.5, 0.6) is 5.75 Å². The number of hydrogen-bond acceptors (Lipinski definition) is 9. The van der Waals surface area contributed by atoms with E-state index in [1.54, 1.807) is 18.7 Å². The van der Waals surface area contributed by atoms with Crippen molar-refractivity contribution in [1.82, 2.24) is 30.2 Å². The maximum atomic E-state index is 12.2. The van der Waals surface area contributed by atoms with Crippen molar-refractivity contribution < 1.29 is 24.5 Å². The third-order valence-corrected chi connectivity index (χ3v) is 6.92. The van der Waals surface area contributed by atoms with Gasteiger partial charge in [-0.05, 0) is 65.4 Å². The van der Waals surface area contributed by atoms with Crippen LogP contribution in [-0.4, -0.2) is 67.3 Å². The average molecular weight is 584 g/mol. The second-order valence-corrected chi connectivity index (χ2v) is 10.5. The number of aromatic amines is 1. The predicted molar refractivity (Wildman–Crippen MR) is 160 cm³/mol. The minimum Gasteiger partial charge on any atom is -0.477 e. The zero-order valence-electron chi connectivity index (χ0n) is 24.3. The Morgan fingerprint density at radius 2 is 1.70 bits per heavy atom. The van der Waals surface area contributed by atoms with Gasteiger partial charge in [-0.1, -0.05) is 54.6 Å². The van der Waals surface area contributed by atoms with Gasteiger partial charge in [0.15, 0.2) is 12.5 Å². The number of rotatable bonds is 12. The van der Waals surface area contributed by atoms with E-state index < -0.39 is 11.6 Å². The molecule has 12 nitrogen and oxygen atoms in total. The average Bonchev–Trinajstić information content (AvgIpc) is 3.66. The number of aliphatic hydroxyl groups is 1. The molecular formula is C31H33N7O5. The summed E-state index contributed by atoms with van der Waals surface area (Å²) in [4.78, 5) is 16.6. The van der Waals surface area contributed by atoms with Crippen molar-refractivity contribution in [3.05, 3.63) is 94.8 Å². The zero-order valence-corrected chi connectivity index (χ0v) is 24.3. The molecule has 0 fully saturated rings. The van der Waals surface area contributed by atoms with E-state index >= 15 is 0 Å². The van der Waals surface area contributed by atoms with E-state index in [2.05, 4.69) is 37.0 Å². The van der Waals surface area contributed by atoms with Gasteiger partial charge >= 0.3 is 5.97 Å². The van der Waals surface area contributed by atoms with Crippen LogP contribution >= 0.6 is 0 Å². The molecule has 4 N–H and O–H groups in total. The van der Waals surface area contributed by atoms with Gasteiger partial charge in [-0.15, -0.1) is 10.2 Å². The molecule has 0 unspecified atom stereocenters. The second-order valence-electron chi connectivity index (χ2n) is 10.5. The van der Waals surface area contributed by atoms with Gasteiger partial charge in [0, 0.05) is 19.7 Å². The minimum absolute atomic E-state index is 0.0636. The molecule has 0 aliphatic carbocycles. The van der Waals surface area contributed by atoms with E-state index in [1.807, 2.05) is 60.7 Å². The van der Waals surface area contributed by atoms with E-state index in [4.69, 9.17) is 9.47 Å². The van der Waals surface area contributed by atoms with Crippen LogP contribution in [-0.2, 0) is 23.3 Å². The number of aromatic carboxylic acids is 1. The van der Waals surface area contributed by atoms with Crippen LogP contribution < -0.4 is 10.1 Å². The lowest BCUT2D eigenvalue weighted by Crippen LogP contribution is -2.22. The molecule has 2 heterocycles. The number of benzene rings is 3. The first-order valence-corrected chi connectivity index (χ1v) is 13.6. The normalized spacial score (nSPS) is 11.5. The predicted octanol–water partition coefficient (Wildman–Crippen LogP) is 4.32.